The Hall–Kier alpha value is -2.35. The predicted octanol–water partition coefficient (Wildman–Crippen LogP) is 5.10. The molecule has 4 nitrogen and oxygen atoms in total. The summed E-state index contributed by atoms with van der Waals surface area (Å²) in [6.07, 6.45) is 1.82. The normalized spacial score (nSPS) is 10.7. The van der Waals surface area contributed by atoms with Gasteiger partial charge in [-0.1, -0.05) is 29.3 Å². The Morgan fingerprint density at radius 3 is 2.48 bits per heavy atom. The van der Waals surface area contributed by atoms with Crippen molar-refractivity contribution >= 4 is 23.2 Å². The fourth-order valence-electron chi connectivity index (χ4n) is 2.84. The van der Waals surface area contributed by atoms with E-state index in [0.717, 1.165) is 33.8 Å². The van der Waals surface area contributed by atoms with Gasteiger partial charge in [0.15, 0.2) is 0 Å². The molecule has 0 saturated heterocycles. The molecule has 3 aromatic rings. The second kappa shape index (κ2) is 6.87. The molecule has 0 radical (unpaired) electrons. The van der Waals surface area contributed by atoms with E-state index in [4.69, 9.17) is 28.5 Å². The molecule has 2 aromatic heterocycles. The lowest BCUT2D eigenvalue weighted by Crippen LogP contribution is -2.05. The number of pyridine rings is 1. The summed E-state index contributed by atoms with van der Waals surface area (Å²) in [6.45, 7) is 6.45. The molecular formula is C19H16Cl2N4. The lowest BCUT2D eigenvalue weighted by molar-refractivity contribution is 0.657. The highest BCUT2D eigenvalue weighted by Crippen LogP contribution is 2.30. The molecule has 2 heterocycles. The topological polar surface area (TPSA) is 54.5 Å². The highest BCUT2D eigenvalue weighted by molar-refractivity contribution is 6.32. The van der Waals surface area contributed by atoms with E-state index in [-0.39, 0.29) is 0 Å². The first kappa shape index (κ1) is 17.5. The minimum absolute atomic E-state index is 0.445. The van der Waals surface area contributed by atoms with E-state index in [9.17, 15) is 0 Å². The number of nitriles is 1. The Morgan fingerprint density at radius 2 is 1.84 bits per heavy atom. The number of nitrogens with zero attached hydrogens (tertiary/aromatic N) is 4. The second-order valence-corrected chi connectivity index (χ2v) is 6.74. The summed E-state index contributed by atoms with van der Waals surface area (Å²) in [5, 5.41) is 14.8. The average Bonchev–Trinajstić information content (AvgIpc) is 2.85. The van der Waals surface area contributed by atoms with Gasteiger partial charge in [-0.2, -0.15) is 10.4 Å². The SMILES string of the molecule is Cc1ncc(Cn2nc(C)c(-c3ccc(C#N)c(Cl)c3)c2C)cc1Cl. The van der Waals surface area contributed by atoms with Crippen LogP contribution in [0, 0.1) is 32.1 Å². The maximum atomic E-state index is 9.03. The fraction of sp³-hybridized carbons (Fsp3) is 0.211. The molecule has 0 fully saturated rings. The summed E-state index contributed by atoms with van der Waals surface area (Å²) in [6, 6.07) is 9.44. The van der Waals surface area contributed by atoms with Gasteiger partial charge in [-0.15, -0.1) is 0 Å². The number of hydrogen-bond donors (Lipinski definition) is 0. The fourth-order valence-corrected chi connectivity index (χ4v) is 3.25. The van der Waals surface area contributed by atoms with Crippen molar-refractivity contribution in [1.82, 2.24) is 14.8 Å². The summed E-state index contributed by atoms with van der Waals surface area (Å²) in [4.78, 5) is 4.30. The van der Waals surface area contributed by atoms with E-state index < -0.39 is 0 Å². The van der Waals surface area contributed by atoms with Crippen LogP contribution in [0.25, 0.3) is 11.1 Å². The van der Waals surface area contributed by atoms with Crippen molar-refractivity contribution in [1.29, 1.82) is 5.26 Å². The summed E-state index contributed by atoms with van der Waals surface area (Å²) in [5.74, 6) is 0. The van der Waals surface area contributed by atoms with E-state index in [1.807, 2.05) is 49.8 Å². The minimum Gasteiger partial charge on any atom is -0.264 e. The highest BCUT2D eigenvalue weighted by Gasteiger charge is 2.15. The van der Waals surface area contributed by atoms with Crippen molar-refractivity contribution in [2.75, 3.05) is 0 Å². The highest BCUT2D eigenvalue weighted by atomic mass is 35.5. The predicted molar refractivity (Wildman–Crippen MR) is 99.9 cm³/mol. The van der Waals surface area contributed by atoms with Gasteiger partial charge in [0, 0.05) is 17.5 Å². The number of hydrogen-bond acceptors (Lipinski definition) is 3. The maximum Gasteiger partial charge on any atom is 0.101 e. The summed E-state index contributed by atoms with van der Waals surface area (Å²) >= 11 is 12.3. The van der Waals surface area contributed by atoms with Crippen LogP contribution < -0.4 is 0 Å². The van der Waals surface area contributed by atoms with E-state index in [0.29, 0.717) is 22.2 Å². The van der Waals surface area contributed by atoms with Gasteiger partial charge < -0.3 is 0 Å². The van der Waals surface area contributed by atoms with Crippen LogP contribution in [0.15, 0.2) is 30.5 Å². The van der Waals surface area contributed by atoms with Crippen LogP contribution in [0.2, 0.25) is 10.0 Å². The molecule has 1 aromatic carbocycles. The van der Waals surface area contributed by atoms with Crippen molar-refractivity contribution in [2.24, 2.45) is 0 Å². The maximum absolute atomic E-state index is 9.03. The van der Waals surface area contributed by atoms with E-state index in [2.05, 4.69) is 16.2 Å². The molecular weight excluding hydrogens is 355 g/mol. The van der Waals surface area contributed by atoms with E-state index in [1.165, 1.54) is 0 Å². The van der Waals surface area contributed by atoms with Gasteiger partial charge in [-0.25, -0.2) is 0 Å². The number of benzene rings is 1. The van der Waals surface area contributed by atoms with Crippen molar-refractivity contribution in [2.45, 2.75) is 27.3 Å². The molecule has 0 N–H and O–H groups in total. The van der Waals surface area contributed by atoms with Gasteiger partial charge in [0.25, 0.3) is 0 Å². The first-order valence-corrected chi connectivity index (χ1v) is 8.51. The van der Waals surface area contributed by atoms with E-state index in [1.54, 1.807) is 6.07 Å². The first-order valence-electron chi connectivity index (χ1n) is 7.75. The number of aryl methyl sites for hydroxylation is 2. The van der Waals surface area contributed by atoms with Crippen LogP contribution in [-0.4, -0.2) is 14.8 Å². The van der Waals surface area contributed by atoms with Crippen LogP contribution >= 0.6 is 23.2 Å². The standard InChI is InChI=1S/C19H16Cl2N4/c1-11-17(20)6-14(9-23-11)10-25-13(3)19(12(2)24-25)15-4-5-16(8-22)18(21)7-15/h4-7,9H,10H2,1-3H3. The molecule has 0 amide bonds. The quantitative estimate of drug-likeness (QED) is 0.644. The van der Waals surface area contributed by atoms with E-state index >= 15 is 0 Å². The van der Waals surface area contributed by atoms with Crippen molar-refractivity contribution in [3.8, 4) is 17.2 Å². The summed E-state index contributed by atoms with van der Waals surface area (Å²) in [5.41, 5.74) is 6.17. The third-order valence-corrected chi connectivity index (χ3v) is 4.87. The minimum atomic E-state index is 0.445. The third-order valence-electron chi connectivity index (χ3n) is 4.17. The number of aromatic nitrogens is 3. The Balaban J connectivity index is 2.00. The molecule has 126 valence electrons. The molecule has 0 bridgehead atoms. The van der Waals surface area contributed by atoms with Gasteiger partial charge in [0.05, 0.1) is 33.5 Å². The lowest BCUT2D eigenvalue weighted by atomic mass is 10.0. The lowest BCUT2D eigenvalue weighted by Gasteiger charge is -2.08. The Kier molecular flexibility index (Phi) is 4.80. The Labute approximate surface area is 156 Å². The zero-order chi connectivity index (χ0) is 18.1. The molecule has 3 rings (SSSR count). The average molecular weight is 371 g/mol. The van der Waals surface area contributed by atoms with Gasteiger partial charge in [-0.3, -0.25) is 9.67 Å². The van der Waals surface area contributed by atoms with Gasteiger partial charge in [0.1, 0.15) is 6.07 Å². The van der Waals surface area contributed by atoms with Crippen molar-refractivity contribution in [3.63, 3.8) is 0 Å². The Morgan fingerprint density at radius 1 is 1.08 bits per heavy atom. The van der Waals surface area contributed by atoms with Crippen LogP contribution in [-0.2, 0) is 6.54 Å². The monoisotopic (exact) mass is 370 g/mol. The first-order chi connectivity index (χ1) is 11.9. The molecule has 25 heavy (non-hydrogen) atoms. The molecule has 0 aliphatic heterocycles. The summed E-state index contributed by atoms with van der Waals surface area (Å²) in [7, 11) is 0. The van der Waals surface area contributed by atoms with Crippen molar-refractivity contribution < 1.29 is 0 Å². The Bertz CT molecular complexity index is 999. The van der Waals surface area contributed by atoms with Gasteiger partial charge >= 0.3 is 0 Å². The smallest absolute Gasteiger partial charge is 0.101 e. The van der Waals surface area contributed by atoms with Crippen molar-refractivity contribution in [3.05, 3.63) is 68.7 Å². The molecule has 0 aliphatic rings. The van der Waals surface area contributed by atoms with Gasteiger partial charge in [0.2, 0.25) is 0 Å². The van der Waals surface area contributed by atoms with Crippen LogP contribution in [0.4, 0.5) is 0 Å². The summed E-state index contributed by atoms with van der Waals surface area (Å²) < 4.78 is 1.93. The molecule has 0 unspecified atom stereocenters. The molecule has 0 spiro atoms. The number of halogens is 2. The zero-order valence-electron chi connectivity index (χ0n) is 14.1. The molecule has 0 aliphatic carbocycles. The third kappa shape index (κ3) is 3.39. The molecule has 0 atom stereocenters. The second-order valence-electron chi connectivity index (χ2n) is 5.92. The van der Waals surface area contributed by atoms with Crippen LogP contribution in [0.5, 0.6) is 0 Å². The zero-order valence-corrected chi connectivity index (χ0v) is 15.7. The molecule has 0 saturated carbocycles. The van der Waals surface area contributed by atoms with Crippen LogP contribution in [0.1, 0.15) is 28.2 Å². The van der Waals surface area contributed by atoms with Crippen LogP contribution in [0.3, 0.4) is 0 Å². The largest absolute Gasteiger partial charge is 0.264 e. The van der Waals surface area contributed by atoms with Gasteiger partial charge in [-0.05, 0) is 50.1 Å². The number of rotatable bonds is 3. The molecule has 6 heteroatoms.